The molecule has 2 saturated carbocycles. The normalized spacial score (nSPS) is 28.1. The Morgan fingerprint density at radius 2 is 1.89 bits per heavy atom. The molecule has 0 spiro atoms. The molecule has 2 aromatic rings. The number of nitrogens with zero attached hydrogens (tertiary/aromatic N) is 2. The van der Waals surface area contributed by atoms with Gasteiger partial charge >= 0.3 is 0 Å². The fourth-order valence-corrected chi connectivity index (χ4v) is 4.85. The number of aliphatic hydroxyl groups excluding tert-OH is 2. The Balaban J connectivity index is 1.55. The molecule has 2 fully saturated rings. The van der Waals surface area contributed by atoms with Crippen molar-refractivity contribution >= 4 is 0 Å². The van der Waals surface area contributed by atoms with Crippen molar-refractivity contribution in [1.29, 1.82) is 0 Å². The average Bonchev–Trinajstić information content (AvgIpc) is 3.30. The summed E-state index contributed by atoms with van der Waals surface area (Å²) in [5, 5.41) is 24.1. The first-order chi connectivity index (χ1) is 13.7. The van der Waals surface area contributed by atoms with Gasteiger partial charge in [-0.25, -0.2) is 14.4 Å². The minimum absolute atomic E-state index is 0.0417. The fourth-order valence-electron chi connectivity index (χ4n) is 4.85. The van der Waals surface area contributed by atoms with Gasteiger partial charge in [-0.15, -0.1) is 0 Å². The fraction of sp³-hybridized carbons (Fsp3) is 0.545. The van der Waals surface area contributed by atoms with Gasteiger partial charge in [0.2, 0.25) is 0 Å². The minimum atomic E-state index is -0.512. The topological polar surface area (TPSA) is 78.3 Å². The molecular weight excluding hydrogens is 357 g/mol. The Hall–Kier alpha value is -1.89. The molecule has 0 amide bonds. The van der Waals surface area contributed by atoms with Crippen molar-refractivity contribution in [2.24, 2.45) is 11.8 Å². The van der Waals surface area contributed by atoms with E-state index in [0.29, 0.717) is 30.3 Å². The molecule has 4 rings (SSSR count). The lowest BCUT2D eigenvalue weighted by molar-refractivity contribution is 0.0715. The molecular formula is C22H28FN3O2. The van der Waals surface area contributed by atoms with E-state index in [1.54, 1.807) is 24.4 Å². The highest BCUT2D eigenvalue weighted by molar-refractivity contribution is 5.55. The third-order valence-corrected chi connectivity index (χ3v) is 6.35. The maximum absolute atomic E-state index is 14.1. The molecule has 1 aromatic carbocycles. The molecule has 1 aromatic heterocycles. The van der Waals surface area contributed by atoms with E-state index in [4.69, 9.17) is 0 Å². The van der Waals surface area contributed by atoms with Crippen LogP contribution in [-0.2, 0) is 6.42 Å². The first-order valence-electron chi connectivity index (χ1n) is 10.3. The van der Waals surface area contributed by atoms with Gasteiger partial charge in [0.1, 0.15) is 5.82 Å². The largest absolute Gasteiger partial charge is 0.396 e. The smallest absolute Gasteiger partial charge is 0.162 e. The lowest BCUT2D eigenvalue weighted by Crippen LogP contribution is -2.41. The number of rotatable bonds is 6. The van der Waals surface area contributed by atoms with Crippen LogP contribution in [0.2, 0.25) is 0 Å². The molecule has 3 N–H and O–H groups in total. The van der Waals surface area contributed by atoms with Gasteiger partial charge < -0.3 is 15.5 Å². The van der Waals surface area contributed by atoms with Gasteiger partial charge in [0, 0.05) is 36.5 Å². The summed E-state index contributed by atoms with van der Waals surface area (Å²) in [5.41, 5.74) is 1.19. The third-order valence-electron chi connectivity index (χ3n) is 6.35. The number of hydrogen-bond donors (Lipinski definition) is 3. The van der Waals surface area contributed by atoms with Gasteiger partial charge in [0.05, 0.1) is 11.7 Å². The Kier molecular flexibility index (Phi) is 5.99. The first-order valence-corrected chi connectivity index (χ1v) is 10.3. The summed E-state index contributed by atoms with van der Waals surface area (Å²) in [4.78, 5) is 8.82. The standard InChI is InChI=1S/C22H28FN3O2/c23-19-8-4-3-7-16(19)22-24-10-9-15(26-22)11-17-18(13-27)21(28)12-20(17)25-14-5-1-2-6-14/h3-4,7-10,14,17-18,20-21,25,27-28H,1-2,5-6,11-13H2/t17-,18-,20-,21-/m1/s1. The van der Waals surface area contributed by atoms with E-state index < -0.39 is 6.10 Å². The molecule has 0 radical (unpaired) electrons. The lowest BCUT2D eigenvalue weighted by Gasteiger charge is -2.27. The van der Waals surface area contributed by atoms with Gasteiger partial charge in [-0.05, 0) is 49.8 Å². The summed E-state index contributed by atoms with van der Waals surface area (Å²) in [5.74, 6) is -0.0605. The summed E-state index contributed by atoms with van der Waals surface area (Å²) in [6, 6.07) is 8.99. The summed E-state index contributed by atoms with van der Waals surface area (Å²) in [7, 11) is 0. The zero-order valence-electron chi connectivity index (χ0n) is 16.0. The highest BCUT2D eigenvalue weighted by Gasteiger charge is 2.43. The molecule has 4 atom stereocenters. The highest BCUT2D eigenvalue weighted by atomic mass is 19.1. The molecule has 28 heavy (non-hydrogen) atoms. The summed E-state index contributed by atoms with van der Waals surface area (Å²) < 4.78 is 14.1. The Bertz CT molecular complexity index is 797. The van der Waals surface area contributed by atoms with Crippen molar-refractivity contribution in [1.82, 2.24) is 15.3 Å². The molecule has 1 heterocycles. The molecule has 150 valence electrons. The molecule has 6 heteroatoms. The van der Waals surface area contributed by atoms with E-state index in [-0.39, 0.29) is 30.3 Å². The molecule has 2 aliphatic carbocycles. The van der Waals surface area contributed by atoms with Crippen LogP contribution in [0.3, 0.4) is 0 Å². The van der Waals surface area contributed by atoms with E-state index in [2.05, 4.69) is 15.3 Å². The minimum Gasteiger partial charge on any atom is -0.396 e. The maximum Gasteiger partial charge on any atom is 0.162 e. The number of nitrogens with one attached hydrogen (secondary N) is 1. The van der Waals surface area contributed by atoms with Crippen LogP contribution in [-0.4, -0.2) is 45.0 Å². The van der Waals surface area contributed by atoms with Crippen molar-refractivity contribution < 1.29 is 14.6 Å². The number of halogens is 1. The monoisotopic (exact) mass is 385 g/mol. The summed E-state index contributed by atoms with van der Waals surface area (Å²) in [6.07, 6.45) is 7.26. The summed E-state index contributed by atoms with van der Waals surface area (Å²) in [6.45, 7) is -0.0417. The Morgan fingerprint density at radius 1 is 1.11 bits per heavy atom. The number of hydrogen-bond acceptors (Lipinski definition) is 5. The Labute approximate surface area is 165 Å². The van der Waals surface area contributed by atoms with Crippen LogP contribution in [0.1, 0.15) is 37.8 Å². The maximum atomic E-state index is 14.1. The van der Waals surface area contributed by atoms with Crippen LogP contribution in [0.5, 0.6) is 0 Å². The first kappa shape index (κ1) is 19.4. The van der Waals surface area contributed by atoms with Crippen molar-refractivity contribution in [2.75, 3.05) is 6.61 Å². The van der Waals surface area contributed by atoms with Crippen molar-refractivity contribution in [3.63, 3.8) is 0 Å². The number of aliphatic hydroxyl groups is 2. The van der Waals surface area contributed by atoms with Crippen molar-refractivity contribution in [3.05, 3.63) is 48.0 Å². The van der Waals surface area contributed by atoms with Crippen LogP contribution in [0.15, 0.2) is 36.5 Å². The zero-order valence-corrected chi connectivity index (χ0v) is 16.0. The predicted octanol–water partition coefficient (Wildman–Crippen LogP) is 2.72. The van der Waals surface area contributed by atoms with Gasteiger partial charge in [-0.2, -0.15) is 0 Å². The predicted molar refractivity (Wildman–Crippen MR) is 105 cm³/mol. The third kappa shape index (κ3) is 4.09. The van der Waals surface area contributed by atoms with Crippen LogP contribution >= 0.6 is 0 Å². The summed E-state index contributed by atoms with van der Waals surface area (Å²) >= 11 is 0. The molecule has 0 bridgehead atoms. The highest BCUT2D eigenvalue weighted by Crippen LogP contribution is 2.36. The molecule has 0 aliphatic heterocycles. The lowest BCUT2D eigenvalue weighted by atomic mass is 9.88. The molecule has 0 unspecified atom stereocenters. The van der Waals surface area contributed by atoms with Crippen LogP contribution in [0, 0.1) is 17.7 Å². The quantitative estimate of drug-likeness (QED) is 0.713. The number of benzene rings is 1. The zero-order chi connectivity index (χ0) is 19.5. The van der Waals surface area contributed by atoms with E-state index in [0.717, 1.165) is 5.69 Å². The van der Waals surface area contributed by atoms with Gasteiger partial charge in [-0.1, -0.05) is 25.0 Å². The Morgan fingerprint density at radius 3 is 2.64 bits per heavy atom. The number of aromatic nitrogens is 2. The van der Waals surface area contributed by atoms with Gasteiger partial charge in [0.15, 0.2) is 5.82 Å². The molecule has 0 saturated heterocycles. The van der Waals surface area contributed by atoms with E-state index in [9.17, 15) is 14.6 Å². The van der Waals surface area contributed by atoms with Crippen LogP contribution in [0.25, 0.3) is 11.4 Å². The molecule has 5 nitrogen and oxygen atoms in total. The van der Waals surface area contributed by atoms with Gasteiger partial charge in [0.25, 0.3) is 0 Å². The van der Waals surface area contributed by atoms with E-state index >= 15 is 0 Å². The second-order valence-electron chi connectivity index (χ2n) is 8.12. The van der Waals surface area contributed by atoms with Crippen molar-refractivity contribution in [3.8, 4) is 11.4 Å². The SMILES string of the molecule is OC[C@@H]1[C@@H](Cc2ccnc(-c3ccccc3F)n2)[C@H](NC2CCCC2)C[C@H]1O. The average molecular weight is 385 g/mol. The van der Waals surface area contributed by atoms with Crippen LogP contribution in [0.4, 0.5) is 4.39 Å². The van der Waals surface area contributed by atoms with Gasteiger partial charge in [-0.3, -0.25) is 0 Å². The molecule has 2 aliphatic rings. The van der Waals surface area contributed by atoms with E-state index in [1.165, 1.54) is 31.7 Å². The second kappa shape index (κ2) is 8.64. The van der Waals surface area contributed by atoms with E-state index in [1.807, 2.05) is 6.07 Å². The van der Waals surface area contributed by atoms with Crippen molar-refractivity contribution in [2.45, 2.75) is 56.7 Å². The van der Waals surface area contributed by atoms with Crippen LogP contribution < -0.4 is 5.32 Å². The second-order valence-corrected chi connectivity index (χ2v) is 8.12.